The molecule has 2 nitrogen and oxygen atoms in total. The zero-order valence-corrected chi connectivity index (χ0v) is 8.01. The van der Waals surface area contributed by atoms with Crippen molar-refractivity contribution in [2.45, 2.75) is 6.92 Å². The van der Waals surface area contributed by atoms with Crippen LogP contribution in [0.2, 0.25) is 0 Å². The molecule has 3 N–H and O–H groups in total. The van der Waals surface area contributed by atoms with E-state index < -0.39 is 0 Å². The Morgan fingerprint density at radius 2 is 1.91 bits per heavy atom. The van der Waals surface area contributed by atoms with Crippen LogP contribution in [0, 0.1) is 6.92 Å². The first-order valence-electron chi connectivity index (χ1n) is 3.31. The van der Waals surface area contributed by atoms with Crippen molar-refractivity contribution in [1.29, 1.82) is 0 Å². The normalized spacial score (nSPS) is 9.18. The number of nitrogens with two attached hydrogens (primary N) is 1. The molecule has 3 heteroatoms. The molecule has 0 bridgehead atoms. The van der Waals surface area contributed by atoms with Gasteiger partial charge in [0.15, 0.2) is 0 Å². The number of benzene rings is 1. The number of anilines is 1. The van der Waals surface area contributed by atoms with Gasteiger partial charge < -0.3 is 0 Å². The molecule has 0 aliphatic carbocycles. The minimum atomic E-state index is 0.592. The van der Waals surface area contributed by atoms with E-state index in [1.165, 1.54) is 5.56 Å². The first kappa shape index (κ1) is 8.31. The van der Waals surface area contributed by atoms with Crippen LogP contribution >= 0.6 is 0 Å². The first-order valence-corrected chi connectivity index (χ1v) is 4.17. The van der Waals surface area contributed by atoms with E-state index >= 15 is 0 Å². The summed E-state index contributed by atoms with van der Waals surface area (Å²) in [7, 11) is 0. The molecule has 0 atom stereocenters. The summed E-state index contributed by atoms with van der Waals surface area (Å²) in [6, 6.07) is 8.04. The summed E-state index contributed by atoms with van der Waals surface area (Å²) in [5, 5.41) is 2.97. The molecule has 0 aromatic heterocycles. The Labute approximate surface area is 74.2 Å². The molecule has 0 saturated heterocycles. The van der Waals surface area contributed by atoms with Gasteiger partial charge in [0.2, 0.25) is 0 Å². The Balaban J connectivity index is 2.74. The van der Waals surface area contributed by atoms with Crippen LogP contribution in [0.1, 0.15) is 5.56 Å². The molecule has 0 fully saturated rings. The van der Waals surface area contributed by atoms with Crippen molar-refractivity contribution in [2.24, 2.45) is 5.73 Å². The summed E-state index contributed by atoms with van der Waals surface area (Å²) in [6.07, 6.45) is 0. The number of hydrogen-bond donors (Lipinski definition) is 2. The average molecular weight is 213 g/mol. The molecular weight excluding hydrogens is 203 g/mol. The molecular formula is C8H10N2Se. The Morgan fingerprint density at radius 3 is 2.36 bits per heavy atom. The standard InChI is InChI=1S/C8H10N2Se/c1-6-2-4-7(5-3-6)10-8(9)11/h2-5H,1H3,(H3,9,10,11). The summed E-state index contributed by atoms with van der Waals surface area (Å²) < 4.78 is 0.592. The van der Waals surface area contributed by atoms with Crippen LogP contribution in [0.3, 0.4) is 0 Å². The fourth-order valence-electron chi connectivity index (χ4n) is 0.779. The molecule has 0 radical (unpaired) electrons. The summed E-state index contributed by atoms with van der Waals surface area (Å²) in [5.41, 5.74) is 7.66. The third kappa shape index (κ3) is 2.74. The summed E-state index contributed by atoms with van der Waals surface area (Å²) in [6.45, 7) is 2.05. The van der Waals surface area contributed by atoms with Crippen molar-refractivity contribution in [3.05, 3.63) is 29.8 Å². The average Bonchev–Trinajstić information content (AvgIpc) is 1.93. The van der Waals surface area contributed by atoms with Crippen molar-refractivity contribution in [2.75, 3.05) is 5.32 Å². The minimum absolute atomic E-state index is 0.592. The van der Waals surface area contributed by atoms with Gasteiger partial charge in [-0.3, -0.25) is 0 Å². The van der Waals surface area contributed by atoms with Crippen LogP contribution in [0.15, 0.2) is 24.3 Å². The SMILES string of the molecule is Cc1ccc(NC(N)=[Se])cc1. The van der Waals surface area contributed by atoms with Crippen molar-refractivity contribution in [3.8, 4) is 0 Å². The predicted octanol–water partition coefficient (Wildman–Crippen LogP) is 0.622. The third-order valence-electron chi connectivity index (χ3n) is 1.32. The third-order valence-corrected chi connectivity index (χ3v) is 1.53. The summed E-state index contributed by atoms with van der Waals surface area (Å²) in [5.74, 6) is 0. The van der Waals surface area contributed by atoms with Gasteiger partial charge in [0, 0.05) is 0 Å². The predicted molar refractivity (Wildman–Crippen MR) is 49.8 cm³/mol. The van der Waals surface area contributed by atoms with Gasteiger partial charge in [-0.1, -0.05) is 0 Å². The second-order valence-corrected chi connectivity index (χ2v) is 3.28. The summed E-state index contributed by atoms with van der Waals surface area (Å²) in [4.78, 5) is 0. The molecule has 0 aliphatic heterocycles. The van der Waals surface area contributed by atoms with Crippen LogP contribution in [0.4, 0.5) is 5.69 Å². The molecule has 0 saturated carbocycles. The van der Waals surface area contributed by atoms with Crippen LogP contribution in [0.5, 0.6) is 0 Å². The number of nitrogens with one attached hydrogen (secondary N) is 1. The van der Waals surface area contributed by atoms with Crippen molar-refractivity contribution >= 4 is 25.9 Å². The van der Waals surface area contributed by atoms with Gasteiger partial charge in [-0.2, -0.15) is 0 Å². The fraction of sp³-hybridized carbons (Fsp3) is 0.125. The van der Waals surface area contributed by atoms with E-state index in [1.807, 2.05) is 24.3 Å². The van der Waals surface area contributed by atoms with E-state index in [1.54, 1.807) is 0 Å². The van der Waals surface area contributed by atoms with Crippen LogP contribution < -0.4 is 11.1 Å². The zero-order valence-electron chi connectivity index (χ0n) is 6.29. The number of aryl methyl sites for hydroxylation is 1. The van der Waals surface area contributed by atoms with Gasteiger partial charge in [0.25, 0.3) is 0 Å². The molecule has 1 rings (SSSR count). The molecule has 1 aromatic rings. The van der Waals surface area contributed by atoms with Gasteiger partial charge in [0.05, 0.1) is 0 Å². The monoisotopic (exact) mass is 214 g/mol. The van der Waals surface area contributed by atoms with Crippen LogP contribution in [0.25, 0.3) is 0 Å². The van der Waals surface area contributed by atoms with Gasteiger partial charge in [-0.15, -0.1) is 0 Å². The van der Waals surface area contributed by atoms with E-state index in [2.05, 4.69) is 27.8 Å². The van der Waals surface area contributed by atoms with Gasteiger partial charge >= 0.3 is 73.7 Å². The maximum atomic E-state index is 5.41. The Morgan fingerprint density at radius 1 is 1.36 bits per heavy atom. The van der Waals surface area contributed by atoms with Gasteiger partial charge in [0.1, 0.15) is 0 Å². The Kier molecular flexibility index (Phi) is 2.69. The van der Waals surface area contributed by atoms with Crippen LogP contribution in [-0.2, 0) is 0 Å². The van der Waals surface area contributed by atoms with Crippen LogP contribution in [-0.4, -0.2) is 20.2 Å². The van der Waals surface area contributed by atoms with Gasteiger partial charge in [-0.05, 0) is 0 Å². The number of hydrogen-bond acceptors (Lipinski definition) is 2. The van der Waals surface area contributed by atoms with Gasteiger partial charge in [-0.25, -0.2) is 0 Å². The second kappa shape index (κ2) is 3.56. The molecule has 0 spiro atoms. The fourth-order valence-corrected chi connectivity index (χ4v) is 1.03. The van der Waals surface area contributed by atoms with Crippen molar-refractivity contribution < 1.29 is 0 Å². The quantitative estimate of drug-likeness (QED) is 0.707. The number of rotatable bonds is 2. The molecule has 0 heterocycles. The maximum absolute atomic E-state index is 5.41. The van der Waals surface area contributed by atoms with E-state index in [0.29, 0.717) is 4.67 Å². The molecule has 1 aromatic carbocycles. The van der Waals surface area contributed by atoms with E-state index in [-0.39, 0.29) is 0 Å². The van der Waals surface area contributed by atoms with E-state index in [0.717, 1.165) is 5.69 Å². The Hall–Kier alpha value is -0.791. The molecule has 0 aliphatic rings. The first-order chi connectivity index (χ1) is 5.18. The Bertz CT molecular complexity index is 253. The van der Waals surface area contributed by atoms with E-state index in [4.69, 9.17) is 5.73 Å². The zero-order chi connectivity index (χ0) is 8.27. The van der Waals surface area contributed by atoms with E-state index in [9.17, 15) is 0 Å². The molecule has 58 valence electrons. The molecule has 0 unspecified atom stereocenters. The molecule has 11 heavy (non-hydrogen) atoms. The second-order valence-electron chi connectivity index (χ2n) is 2.36. The topological polar surface area (TPSA) is 38.0 Å². The molecule has 0 amide bonds. The van der Waals surface area contributed by atoms with Crippen molar-refractivity contribution in [1.82, 2.24) is 0 Å². The van der Waals surface area contributed by atoms with Crippen molar-refractivity contribution in [3.63, 3.8) is 0 Å². The summed E-state index contributed by atoms with van der Waals surface area (Å²) >= 11 is 2.69.